The summed E-state index contributed by atoms with van der Waals surface area (Å²) in [7, 11) is 1.71. The van der Waals surface area contributed by atoms with Crippen LogP contribution < -0.4 is 4.74 Å². The third-order valence-electron chi connectivity index (χ3n) is 8.98. The predicted octanol–water partition coefficient (Wildman–Crippen LogP) is 6.95. The molecule has 280 valence electrons. The molecule has 1 aliphatic rings. The number of hydrogen-bond donors (Lipinski definition) is 0. The van der Waals surface area contributed by atoms with E-state index in [1.54, 1.807) is 23.1 Å². The van der Waals surface area contributed by atoms with Gasteiger partial charge in [0, 0.05) is 64.5 Å². The molecule has 2 aromatic carbocycles. The summed E-state index contributed by atoms with van der Waals surface area (Å²) in [5.41, 5.74) is 4.08. The second kappa shape index (κ2) is 17.5. The molecule has 0 N–H and O–H groups in total. The Labute approximate surface area is 311 Å². The molecule has 3 aromatic heterocycles. The van der Waals surface area contributed by atoms with Crippen molar-refractivity contribution in [3.63, 3.8) is 0 Å². The molecule has 6 rings (SSSR count). The highest BCUT2D eigenvalue weighted by atomic mass is 16.6. The fraction of sp³-hybridized carbons (Fsp3) is 0.415. The van der Waals surface area contributed by atoms with E-state index in [0.717, 1.165) is 48.6 Å². The van der Waals surface area contributed by atoms with Crippen molar-refractivity contribution in [1.82, 2.24) is 29.1 Å². The normalized spacial score (nSPS) is 13.6. The molecule has 5 aromatic rings. The van der Waals surface area contributed by atoms with Crippen molar-refractivity contribution < 1.29 is 28.2 Å². The van der Waals surface area contributed by atoms with Crippen LogP contribution in [0.4, 0.5) is 9.59 Å². The van der Waals surface area contributed by atoms with Crippen molar-refractivity contribution in [3.8, 4) is 17.1 Å². The molecule has 53 heavy (non-hydrogen) atoms. The first-order chi connectivity index (χ1) is 25.6. The Morgan fingerprint density at radius 1 is 0.830 bits per heavy atom. The van der Waals surface area contributed by atoms with E-state index in [-0.39, 0.29) is 0 Å². The summed E-state index contributed by atoms with van der Waals surface area (Å²) in [5, 5.41) is 0. The highest BCUT2D eigenvalue weighted by molar-refractivity contribution is 5.72. The minimum absolute atomic E-state index is 0.319. The highest BCUT2D eigenvalue weighted by Crippen LogP contribution is 2.30. The molecule has 4 heterocycles. The van der Waals surface area contributed by atoms with Gasteiger partial charge >= 0.3 is 12.2 Å². The first-order valence-corrected chi connectivity index (χ1v) is 18.4. The van der Waals surface area contributed by atoms with Crippen LogP contribution in [0.2, 0.25) is 0 Å². The van der Waals surface area contributed by atoms with Gasteiger partial charge in [-0.05, 0) is 51.3 Å². The van der Waals surface area contributed by atoms with Gasteiger partial charge in [0.1, 0.15) is 17.1 Å². The maximum Gasteiger partial charge on any atom is 0.416 e. The van der Waals surface area contributed by atoms with Gasteiger partial charge in [-0.25, -0.2) is 19.6 Å². The maximum atomic E-state index is 14.3. The average molecular weight is 723 g/mol. The van der Waals surface area contributed by atoms with Crippen LogP contribution in [0.25, 0.3) is 16.9 Å². The largest absolute Gasteiger partial charge is 0.469 e. The lowest BCUT2D eigenvalue weighted by atomic mass is 10.1. The van der Waals surface area contributed by atoms with Crippen LogP contribution in [-0.4, -0.2) is 106 Å². The molecular formula is C41H50N6O6. The van der Waals surface area contributed by atoms with E-state index in [9.17, 15) is 9.59 Å². The van der Waals surface area contributed by atoms with E-state index in [4.69, 9.17) is 28.6 Å². The van der Waals surface area contributed by atoms with Crippen molar-refractivity contribution in [1.29, 1.82) is 0 Å². The number of rotatable bonds is 14. The standard InChI is InChI=1S/C41H50N6O6/c1-41(2,3)53-39(48)44(4)19-12-21-46(22-13-20-45-23-26-50-27-24-45)40(49)52-38-35(29-33-18-11-25-51-33)43-37-34(28-31-14-7-5-8-15-31)42-36(30-47(37)38)32-16-9-6-10-17-32/h5-11,14-18,25,30H,12-13,19-24,26-29H2,1-4H3. The Morgan fingerprint density at radius 3 is 2.25 bits per heavy atom. The molecule has 0 spiro atoms. The lowest BCUT2D eigenvalue weighted by Crippen LogP contribution is -2.41. The molecule has 0 aliphatic carbocycles. The third-order valence-corrected chi connectivity index (χ3v) is 8.98. The average Bonchev–Trinajstić information content (AvgIpc) is 3.79. The highest BCUT2D eigenvalue weighted by Gasteiger charge is 2.26. The topological polar surface area (TPSA) is 115 Å². The molecule has 12 heteroatoms. The van der Waals surface area contributed by atoms with Gasteiger partial charge in [-0.1, -0.05) is 60.7 Å². The zero-order valence-electron chi connectivity index (χ0n) is 31.2. The Hall–Kier alpha value is -5.20. The van der Waals surface area contributed by atoms with Crippen molar-refractivity contribution in [2.75, 3.05) is 59.5 Å². The molecule has 2 amide bonds. The molecule has 0 atom stereocenters. The summed E-state index contributed by atoms with van der Waals surface area (Å²) >= 11 is 0. The quantitative estimate of drug-likeness (QED) is 0.120. The number of nitrogens with zero attached hydrogens (tertiary/aromatic N) is 6. The Balaban J connectivity index is 1.31. The molecule has 1 fully saturated rings. The first kappa shape index (κ1) is 37.6. The first-order valence-electron chi connectivity index (χ1n) is 18.4. The van der Waals surface area contributed by atoms with E-state index >= 15 is 0 Å². The van der Waals surface area contributed by atoms with Gasteiger partial charge in [-0.2, -0.15) is 0 Å². The fourth-order valence-electron chi connectivity index (χ4n) is 6.27. The summed E-state index contributed by atoms with van der Waals surface area (Å²) in [6.45, 7) is 10.8. The van der Waals surface area contributed by atoms with Crippen LogP contribution in [-0.2, 0) is 22.3 Å². The minimum Gasteiger partial charge on any atom is -0.469 e. The van der Waals surface area contributed by atoms with Gasteiger partial charge in [-0.3, -0.25) is 9.30 Å². The van der Waals surface area contributed by atoms with Gasteiger partial charge < -0.3 is 28.4 Å². The van der Waals surface area contributed by atoms with Crippen LogP contribution in [0.15, 0.2) is 89.7 Å². The predicted molar refractivity (Wildman–Crippen MR) is 202 cm³/mol. The number of ether oxygens (including phenoxy) is 3. The van der Waals surface area contributed by atoms with Gasteiger partial charge in [0.25, 0.3) is 0 Å². The zero-order chi connectivity index (χ0) is 37.2. The van der Waals surface area contributed by atoms with Crippen LogP contribution in [0, 0.1) is 0 Å². The molecule has 12 nitrogen and oxygen atoms in total. The van der Waals surface area contributed by atoms with E-state index in [1.165, 1.54) is 0 Å². The van der Waals surface area contributed by atoms with Crippen molar-refractivity contribution >= 4 is 17.8 Å². The number of imidazole rings is 1. The lowest BCUT2D eigenvalue weighted by Gasteiger charge is -2.28. The summed E-state index contributed by atoms with van der Waals surface area (Å²) in [6.07, 6.45) is 4.77. The van der Waals surface area contributed by atoms with Crippen LogP contribution >= 0.6 is 0 Å². The van der Waals surface area contributed by atoms with Gasteiger partial charge in [-0.15, -0.1) is 0 Å². The molecule has 0 saturated carbocycles. The van der Waals surface area contributed by atoms with Gasteiger partial charge in [0.2, 0.25) is 5.88 Å². The number of aromatic nitrogens is 3. The summed E-state index contributed by atoms with van der Waals surface area (Å²) in [6, 6.07) is 23.8. The van der Waals surface area contributed by atoms with Crippen molar-refractivity contribution in [3.05, 3.63) is 108 Å². The van der Waals surface area contributed by atoms with Crippen LogP contribution in [0.5, 0.6) is 5.88 Å². The van der Waals surface area contributed by atoms with E-state index < -0.39 is 17.8 Å². The zero-order valence-corrected chi connectivity index (χ0v) is 31.2. The van der Waals surface area contributed by atoms with Crippen molar-refractivity contribution in [2.24, 2.45) is 0 Å². The molecule has 1 aliphatic heterocycles. The van der Waals surface area contributed by atoms with Crippen LogP contribution in [0.3, 0.4) is 0 Å². The van der Waals surface area contributed by atoms with E-state index in [1.807, 2.05) is 92.0 Å². The second-order valence-corrected chi connectivity index (χ2v) is 14.3. The van der Waals surface area contributed by atoms with Gasteiger partial charge in [0.15, 0.2) is 5.65 Å². The van der Waals surface area contributed by atoms with Gasteiger partial charge in [0.05, 0.1) is 37.3 Å². The molecular weight excluding hydrogens is 672 g/mol. The summed E-state index contributed by atoms with van der Waals surface area (Å²) in [5.74, 6) is 1.01. The number of furan rings is 1. The number of hydrogen-bond acceptors (Lipinski definition) is 9. The van der Waals surface area contributed by atoms with E-state index in [0.29, 0.717) is 75.1 Å². The monoisotopic (exact) mass is 722 g/mol. The van der Waals surface area contributed by atoms with Crippen molar-refractivity contribution in [2.45, 2.75) is 52.1 Å². The molecule has 0 radical (unpaired) electrons. The molecule has 0 bridgehead atoms. The molecule has 1 saturated heterocycles. The summed E-state index contributed by atoms with van der Waals surface area (Å²) in [4.78, 5) is 42.7. The number of carbonyl (C=O) groups excluding carboxylic acids is 2. The minimum atomic E-state index is -0.598. The second-order valence-electron chi connectivity index (χ2n) is 14.3. The third kappa shape index (κ3) is 10.5. The SMILES string of the molecule is CN(CCCN(CCCN1CCOCC1)C(=O)Oc1c(Cc2ccco2)nc2c(Cc3ccccc3)nc(-c3ccccc3)cn12)C(=O)OC(C)(C)C. The Kier molecular flexibility index (Phi) is 12.4. The Morgan fingerprint density at radius 2 is 1.55 bits per heavy atom. The number of carbonyl (C=O) groups is 2. The lowest BCUT2D eigenvalue weighted by molar-refractivity contribution is 0.0291. The number of benzene rings is 2. The molecule has 0 unspecified atom stereocenters. The smallest absolute Gasteiger partial charge is 0.416 e. The number of morpholine rings is 1. The fourth-order valence-corrected chi connectivity index (χ4v) is 6.27. The Bertz CT molecular complexity index is 1920. The van der Waals surface area contributed by atoms with E-state index in [2.05, 4.69) is 17.0 Å². The van der Waals surface area contributed by atoms with Crippen LogP contribution in [0.1, 0.15) is 56.3 Å². The summed E-state index contributed by atoms with van der Waals surface area (Å²) < 4.78 is 25.0. The number of fused-ring (bicyclic) bond motifs is 1. The maximum absolute atomic E-state index is 14.3. The number of amides is 2.